The number of carbonyl (C=O) groups excluding carboxylic acids is 1. The first kappa shape index (κ1) is 16.8. The molecule has 25 heavy (non-hydrogen) atoms. The Bertz CT molecular complexity index is 905. The van der Waals surface area contributed by atoms with E-state index in [9.17, 15) is 4.79 Å². The number of amides is 1. The van der Waals surface area contributed by atoms with Crippen molar-refractivity contribution in [2.45, 2.75) is 13.8 Å². The van der Waals surface area contributed by atoms with Crippen molar-refractivity contribution in [2.24, 2.45) is 0 Å². The van der Waals surface area contributed by atoms with Gasteiger partial charge in [-0.05, 0) is 44.2 Å². The van der Waals surface area contributed by atoms with Crippen molar-refractivity contribution >= 4 is 22.5 Å². The maximum absolute atomic E-state index is 12.1. The molecule has 5 nitrogen and oxygen atoms in total. The standard InChI is InChI=1S/C20H20N2O3/c1-13-4-6-15(7-5-13)22-20(23)12-25-19-10-14(2)21-18-9-8-16(24-3)11-17(18)19/h4-11H,12H2,1-3H3,(H,22,23). The van der Waals surface area contributed by atoms with Crippen molar-refractivity contribution in [3.63, 3.8) is 0 Å². The summed E-state index contributed by atoms with van der Waals surface area (Å²) in [5.74, 6) is 1.11. The highest BCUT2D eigenvalue weighted by atomic mass is 16.5. The minimum Gasteiger partial charge on any atom is -0.497 e. The number of nitrogens with one attached hydrogen (secondary N) is 1. The van der Waals surface area contributed by atoms with Gasteiger partial charge in [0.1, 0.15) is 11.5 Å². The van der Waals surface area contributed by atoms with Crippen LogP contribution in [-0.2, 0) is 4.79 Å². The molecule has 1 heterocycles. The quantitative estimate of drug-likeness (QED) is 0.768. The van der Waals surface area contributed by atoms with E-state index in [0.29, 0.717) is 11.5 Å². The van der Waals surface area contributed by atoms with E-state index in [1.54, 1.807) is 7.11 Å². The monoisotopic (exact) mass is 336 g/mol. The Labute approximate surface area is 146 Å². The molecule has 0 fully saturated rings. The van der Waals surface area contributed by atoms with Gasteiger partial charge in [0.05, 0.1) is 12.6 Å². The van der Waals surface area contributed by atoms with Gasteiger partial charge in [0.15, 0.2) is 6.61 Å². The highest BCUT2D eigenvalue weighted by molar-refractivity contribution is 5.92. The van der Waals surface area contributed by atoms with Gasteiger partial charge in [0, 0.05) is 22.8 Å². The van der Waals surface area contributed by atoms with Gasteiger partial charge in [-0.1, -0.05) is 17.7 Å². The predicted molar refractivity (Wildman–Crippen MR) is 98.3 cm³/mol. The molecule has 5 heteroatoms. The maximum atomic E-state index is 12.1. The topological polar surface area (TPSA) is 60.5 Å². The van der Waals surface area contributed by atoms with Gasteiger partial charge in [-0.15, -0.1) is 0 Å². The third-order valence-corrected chi connectivity index (χ3v) is 3.80. The van der Waals surface area contributed by atoms with Crippen molar-refractivity contribution in [3.05, 3.63) is 59.8 Å². The van der Waals surface area contributed by atoms with Crippen LogP contribution in [0.1, 0.15) is 11.3 Å². The van der Waals surface area contributed by atoms with Crippen molar-refractivity contribution in [2.75, 3.05) is 19.0 Å². The summed E-state index contributed by atoms with van der Waals surface area (Å²) in [7, 11) is 1.61. The first-order valence-electron chi connectivity index (χ1n) is 8.00. The first-order chi connectivity index (χ1) is 12.0. The van der Waals surface area contributed by atoms with Gasteiger partial charge in [-0.25, -0.2) is 0 Å². The van der Waals surface area contributed by atoms with Crippen LogP contribution < -0.4 is 14.8 Å². The van der Waals surface area contributed by atoms with Crippen LogP contribution in [-0.4, -0.2) is 24.6 Å². The second-order valence-electron chi connectivity index (χ2n) is 5.85. The summed E-state index contributed by atoms with van der Waals surface area (Å²) in [5.41, 5.74) is 3.51. The van der Waals surface area contributed by atoms with Crippen LogP contribution in [0.5, 0.6) is 11.5 Å². The summed E-state index contributed by atoms with van der Waals surface area (Å²) in [6.07, 6.45) is 0. The molecule has 1 aromatic heterocycles. The predicted octanol–water partition coefficient (Wildman–Crippen LogP) is 3.88. The van der Waals surface area contributed by atoms with Crippen LogP contribution in [0.3, 0.4) is 0 Å². The highest BCUT2D eigenvalue weighted by Gasteiger charge is 2.09. The number of benzene rings is 2. The van der Waals surface area contributed by atoms with Crippen LogP contribution in [0.25, 0.3) is 10.9 Å². The second-order valence-corrected chi connectivity index (χ2v) is 5.85. The zero-order valence-electron chi connectivity index (χ0n) is 14.5. The van der Waals surface area contributed by atoms with Gasteiger partial charge >= 0.3 is 0 Å². The molecule has 0 unspecified atom stereocenters. The van der Waals surface area contributed by atoms with E-state index < -0.39 is 0 Å². The molecular formula is C20H20N2O3. The van der Waals surface area contributed by atoms with Crippen molar-refractivity contribution < 1.29 is 14.3 Å². The summed E-state index contributed by atoms with van der Waals surface area (Å²) < 4.78 is 11.0. The number of carbonyl (C=O) groups is 1. The van der Waals surface area contributed by atoms with E-state index >= 15 is 0 Å². The van der Waals surface area contributed by atoms with Crippen molar-refractivity contribution in [1.29, 1.82) is 0 Å². The Morgan fingerprint density at radius 3 is 2.56 bits per heavy atom. The Hall–Kier alpha value is -3.08. The minimum atomic E-state index is -0.214. The summed E-state index contributed by atoms with van der Waals surface area (Å²) in [6, 6.07) is 15.0. The second kappa shape index (κ2) is 7.21. The molecule has 128 valence electrons. The highest BCUT2D eigenvalue weighted by Crippen LogP contribution is 2.29. The number of fused-ring (bicyclic) bond motifs is 1. The van der Waals surface area contributed by atoms with Crippen LogP contribution in [0.15, 0.2) is 48.5 Å². The molecule has 0 spiro atoms. The molecule has 3 rings (SSSR count). The Kier molecular flexibility index (Phi) is 4.84. The van der Waals surface area contributed by atoms with Crippen molar-refractivity contribution in [1.82, 2.24) is 4.98 Å². The fraction of sp³-hybridized carbons (Fsp3) is 0.200. The molecule has 0 saturated heterocycles. The fourth-order valence-electron chi connectivity index (χ4n) is 2.52. The molecule has 0 aliphatic heterocycles. The number of aromatic nitrogens is 1. The Balaban J connectivity index is 1.75. The molecule has 3 aromatic rings. The molecule has 0 atom stereocenters. The molecule has 0 radical (unpaired) electrons. The SMILES string of the molecule is COc1ccc2nc(C)cc(OCC(=O)Nc3ccc(C)cc3)c2c1. The number of hydrogen-bond acceptors (Lipinski definition) is 4. The van der Waals surface area contributed by atoms with E-state index in [0.717, 1.165) is 27.8 Å². The first-order valence-corrected chi connectivity index (χ1v) is 8.00. The summed E-state index contributed by atoms with van der Waals surface area (Å²) in [5, 5.41) is 3.63. The number of rotatable bonds is 5. The van der Waals surface area contributed by atoms with E-state index in [-0.39, 0.29) is 12.5 Å². The molecule has 1 amide bonds. The zero-order chi connectivity index (χ0) is 17.8. The van der Waals surface area contributed by atoms with Gasteiger partial charge in [0.2, 0.25) is 0 Å². The normalized spacial score (nSPS) is 10.5. The third kappa shape index (κ3) is 4.07. The van der Waals surface area contributed by atoms with Gasteiger partial charge in [0.25, 0.3) is 5.91 Å². The van der Waals surface area contributed by atoms with Gasteiger partial charge in [-0.2, -0.15) is 0 Å². The van der Waals surface area contributed by atoms with Crippen LogP contribution in [0, 0.1) is 13.8 Å². The summed E-state index contributed by atoms with van der Waals surface area (Å²) >= 11 is 0. The smallest absolute Gasteiger partial charge is 0.262 e. The number of anilines is 1. The van der Waals surface area contributed by atoms with E-state index in [1.165, 1.54) is 0 Å². The molecular weight excluding hydrogens is 316 g/mol. The lowest BCUT2D eigenvalue weighted by molar-refractivity contribution is -0.118. The fourth-order valence-corrected chi connectivity index (χ4v) is 2.52. The van der Waals surface area contributed by atoms with E-state index in [4.69, 9.17) is 9.47 Å². The van der Waals surface area contributed by atoms with Crippen LogP contribution >= 0.6 is 0 Å². The molecule has 0 aliphatic rings. The lowest BCUT2D eigenvalue weighted by Crippen LogP contribution is -2.20. The zero-order valence-corrected chi connectivity index (χ0v) is 14.5. The van der Waals surface area contributed by atoms with Gasteiger partial charge < -0.3 is 14.8 Å². The van der Waals surface area contributed by atoms with Crippen LogP contribution in [0.4, 0.5) is 5.69 Å². The molecule has 0 bridgehead atoms. The van der Waals surface area contributed by atoms with E-state index in [1.807, 2.05) is 62.4 Å². The summed E-state index contributed by atoms with van der Waals surface area (Å²) in [4.78, 5) is 16.6. The lowest BCUT2D eigenvalue weighted by atomic mass is 10.1. The summed E-state index contributed by atoms with van der Waals surface area (Å²) in [6.45, 7) is 3.81. The average molecular weight is 336 g/mol. The third-order valence-electron chi connectivity index (χ3n) is 3.80. The van der Waals surface area contributed by atoms with Crippen LogP contribution in [0.2, 0.25) is 0 Å². The number of nitrogens with zero attached hydrogens (tertiary/aromatic N) is 1. The van der Waals surface area contributed by atoms with Crippen molar-refractivity contribution in [3.8, 4) is 11.5 Å². The Morgan fingerprint density at radius 2 is 1.84 bits per heavy atom. The number of ether oxygens (including phenoxy) is 2. The molecule has 0 aliphatic carbocycles. The largest absolute Gasteiger partial charge is 0.497 e. The number of pyridine rings is 1. The molecule has 0 saturated carbocycles. The van der Waals surface area contributed by atoms with Gasteiger partial charge in [-0.3, -0.25) is 9.78 Å². The minimum absolute atomic E-state index is 0.0797. The molecule has 1 N–H and O–H groups in total. The average Bonchev–Trinajstić information content (AvgIpc) is 2.61. The maximum Gasteiger partial charge on any atom is 0.262 e. The van der Waals surface area contributed by atoms with E-state index in [2.05, 4.69) is 10.3 Å². The Morgan fingerprint density at radius 1 is 1.08 bits per heavy atom. The lowest BCUT2D eigenvalue weighted by Gasteiger charge is -2.11. The number of aryl methyl sites for hydroxylation is 2. The number of hydrogen-bond donors (Lipinski definition) is 1. The molecule has 2 aromatic carbocycles. The number of methoxy groups -OCH3 is 1.